The highest BCUT2D eigenvalue weighted by Crippen LogP contribution is 2.33. The zero-order valence-corrected chi connectivity index (χ0v) is 9.78. The molecule has 1 aromatic heterocycles. The smallest absolute Gasteiger partial charge is 0.318 e. The fraction of sp³-hybridized carbons (Fsp3) is 0.500. The van der Waals surface area contributed by atoms with E-state index in [1.165, 1.54) is 0 Å². The van der Waals surface area contributed by atoms with E-state index in [1.54, 1.807) is 0 Å². The Labute approximate surface area is 103 Å². The molecule has 1 aromatic rings. The van der Waals surface area contributed by atoms with Crippen molar-refractivity contribution in [2.45, 2.75) is 25.8 Å². The molecule has 96 valence electrons. The van der Waals surface area contributed by atoms with Crippen molar-refractivity contribution in [2.24, 2.45) is 0 Å². The summed E-state index contributed by atoms with van der Waals surface area (Å²) in [5.74, 6) is 0.218. The molecule has 8 nitrogen and oxygen atoms in total. The molecule has 2 rings (SSSR count). The van der Waals surface area contributed by atoms with Gasteiger partial charge in [-0.2, -0.15) is 0 Å². The molecule has 8 heteroatoms. The molecule has 0 amide bonds. The molecule has 0 saturated carbocycles. The van der Waals surface area contributed by atoms with Crippen LogP contribution in [0.5, 0.6) is 0 Å². The van der Waals surface area contributed by atoms with Crippen LogP contribution in [0.15, 0.2) is 12.3 Å². The monoisotopic (exact) mass is 252 g/mol. The molecule has 0 bridgehead atoms. The van der Waals surface area contributed by atoms with E-state index in [9.17, 15) is 20.2 Å². The standard InChI is InChI=1S/C10H12N4O4/c1-7-3-2-4-12(7)10-9(14(17)18)5-8(6-11-10)13(15)16/h5-7H,2-4H2,1H3. The van der Waals surface area contributed by atoms with Gasteiger partial charge in [0.1, 0.15) is 6.20 Å². The first-order valence-corrected chi connectivity index (χ1v) is 5.56. The van der Waals surface area contributed by atoms with Crippen molar-refractivity contribution >= 4 is 17.2 Å². The molecule has 2 heterocycles. The lowest BCUT2D eigenvalue weighted by molar-refractivity contribution is -0.394. The first-order chi connectivity index (χ1) is 8.50. The van der Waals surface area contributed by atoms with Gasteiger partial charge < -0.3 is 4.90 Å². The fourth-order valence-electron chi connectivity index (χ4n) is 2.14. The van der Waals surface area contributed by atoms with Gasteiger partial charge in [-0.05, 0) is 19.8 Å². The number of rotatable bonds is 3. The predicted molar refractivity (Wildman–Crippen MR) is 63.6 cm³/mol. The third kappa shape index (κ3) is 2.08. The number of aromatic nitrogens is 1. The Morgan fingerprint density at radius 3 is 2.61 bits per heavy atom. The minimum atomic E-state index is -0.683. The minimum absolute atomic E-state index is 0.164. The van der Waals surface area contributed by atoms with Crippen LogP contribution in [0.25, 0.3) is 0 Å². The molecule has 1 unspecified atom stereocenters. The minimum Gasteiger partial charge on any atom is -0.348 e. The van der Waals surface area contributed by atoms with Crippen LogP contribution < -0.4 is 4.90 Å². The van der Waals surface area contributed by atoms with Crippen LogP contribution >= 0.6 is 0 Å². The summed E-state index contributed by atoms with van der Waals surface area (Å²) in [5, 5.41) is 21.6. The number of hydrogen-bond donors (Lipinski definition) is 0. The Morgan fingerprint density at radius 1 is 1.39 bits per heavy atom. The Morgan fingerprint density at radius 2 is 2.11 bits per heavy atom. The highest BCUT2D eigenvalue weighted by Gasteiger charge is 2.30. The van der Waals surface area contributed by atoms with Gasteiger partial charge in [-0.15, -0.1) is 0 Å². The second-order valence-electron chi connectivity index (χ2n) is 4.24. The zero-order chi connectivity index (χ0) is 13.3. The summed E-state index contributed by atoms with van der Waals surface area (Å²) >= 11 is 0. The van der Waals surface area contributed by atoms with Gasteiger partial charge in [0, 0.05) is 12.6 Å². The summed E-state index contributed by atoms with van der Waals surface area (Å²) in [6, 6.07) is 1.13. The summed E-state index contributed by atoms with van der Waals surface area (Å²) < 4.78 is 0. The van der Waals surface area contributed by atoms with Crippen LogP contribution in [0.2, 0.25) is 0 Å². The van der Waals surface area contributed by atoms with Crippen LogP contribution in [0, 0.1) is 20.2 Å². The fourth-order valence-corrected chi connectivity index (χ4v) is 2.14. The Balaban J connectivity index is 2.46. The predicted octanol–water partition coefficient (Wildman–Crippen LogP) is 1.89. The zero-order valence-electron chi connectivity index (χ0n) is 9.78. The van der Waals surface area contributed by atoms with Crippen LogP contribution in [0.3, 0.4) is 0 Å². The molecule has 0 spiro atoms. The van der Waals surface area contributed by atoms with Crippen LogP contribution in [-0.2, 0) is 0 Å². The number of nitro groups is 2. The molecule has 1 fully saturated rings. The topological polar surface area (TPSA) is 102 Å². The van der Waals surface area contributed by atoms with Crippen molar-refractivity contribution in [2.75, 3.05) is 11.4 Å². The van der Waals surface area contributed by atoms with E-state index in [0.717, 1.165) is 25.1 Å². The van der Waals surface area contributed by atoms with Gasteiger partial charge >= 0.3 is 5.69 Å². The molecule has 18 heavy (non-hydrogen) atoms. The second kappa shape index (κ2) is 4.55. The maximum Gasteiger partial charge on any atom is 0.318 e. The summed E-state index contributed by atoms with van der Waals surface area (Å²) in [4.78, 5) is 26.0. The normalized spacial score (nSPS) is 18.9. The van der Waals surface area contributed by atoms with Crippen LogP contribution in [0.1, 0.15) is 19.8 Å². The van der Waals surface area contributed by atoms with E-state index >= 15 is 0 Å². The number of hydrogen-bond acceptors (Lipinski definition) is 6. The largest absolute Gasteiger partial charge is 0.348 e. The molecule has 0 N–H and O–H groups in total. The summed E-state index contributed by atoms with van der Waals surface area (Å²) in [6.07, 6.45) is 2.94. The molecular weight excluding hydrogens is 240 g/mol. The maximum atomic E-state index is 11.0. The molecule has 0 aliphatic carbocycles. The third-order valence-electron chi connectivity index (χ3n) is 3.07. The van der Waals surface area contributed by atoms with E-state index in [2.05, 4.69) is 4.98 Å². The van der Waals surface area contributed by atoms with E-state index in [1.807, 2.05) is 11.8 Å². The number of pyridine rings is 1. The van der Waals surface area contributed by atoms with Gasteiger partial charge in [-0.3, -0.25) is 20.2 Å². The van der Waals surface area contributed by atoms with Crippen LogP contribution in [0.4, 0.5) is 17.2 Å². The molecule has 0 radical (unpaired) electrons. The first kappa shape index (κ1) is 12.2. The lowest BCUT2D eigenvalue weighted by Gasteiger charge is -2.21. The molecular formula is C10H12N4O4. The second-order valence-corrected chi connectivity index (χ2v) is 4.24. The van der Waals surface area contributed by atoms with Crippen molar-refractivity contribution in [3.63, 3.8) is 0 Å². The molecule has 1 saturated heterocycles. The van der Waals surface area contributed by atoms with Crippen molar-refractivity contribution < 1.29 is 9.85 Å². The first-order valence-electron chi connectivity index (χ1n) is 5.56. The molecule has 1 atom stereocenters. The van der Waals surface area contributed by atoms with Crippen molar-refractivity contribution in [3.05, 3.63) is 32.5 Å². The third-order valence-corrected chi connectivity index (χ3v) is 3.07. The molecule has 1 aliphatic rings. The molecule has 0 aromatic carbocycles. The van der Waals surface area contributed by atoms with Crippen molar-refractivity contribution in [1.29, 1.82) is 0 Å². The van der Waals surface area contributed by atoms with E-state index in [4.69, 9.17) is 0 Å². The van der Waals surface area contributed by atoms with E-state index in [-0.39, 0.29) is 23.2 Å². The summed E-state index contributed by atoms with van der Waals surface area (Å²) in [5.41, 5.74) is -0.671. The average Bonchev–Trinajstić information content (AvgIpc) is 2.74. The van der Waals surface area contributed by atoms with Gasteiger partial charge in [-0.1, -0.05) is 0 Å². The Bertz CT molecular complexity index is 505. The quantitative estimate of drug-likeness (QED) is 0.601. The van der Waals surface area contributed by atoms with Gasteiger partial charge in [0.15, 0.2) is 0 Å². The van der Waals surface area contributed by atoms with Gasteiger partial charge in [-0.25, -0.2) is 4.98 Å². The lowest BCUT2D eigenvalue weighted by atomic mass is 10.2. The van der Waals surface area contributed by atoms with Crippen LogP contribution in [-0.4, -0.2) is 27.4 Å². The van der Waals surface area contributed by atoms with Gasteiger partial charge in [0.25, 0.3) is 5.69 Å². The number of nitrogens with zero attached hydrogens (tertiary/aromatic N) is 4. The summed E-state index contributed by atoms with van der Waals surface area (Å²) in [7, 11) is 0. The SMILES string of the molecule is CC1CCCN1c1ncc([N+](=O)[O-])cc1[N+](=O)[O-]. The Hall–Kier alpha value is -2.25. The molecule has 1 aliphatic heterocycles. The summed E-state index contributed by atoms with van der Waals surface area (Å²) in [6.45, 7) is 2.65. The lowest BCUT2D eigenvalue weighted by Crippen LogP contribution is -2.28. The maximum absolute atomic E-state index is 11.0. The highest BCUT2D eigenvalue weighted by molar-refractivity contribution is 5.62. The van der Waals surface area contributed by atoms with Gasteiger partial charge in [0.05, 0.1) is 15.9 Å². The van der Waals surface area contributed by atoms with E-state index < -0.39 is 9.85 Å². The highest BCUT2D eigenvalue weighted by atomic mass is 16.6. The Kier molecular flexibility index (Phi) is 3.09. The average molecular weight is 252 g/mol. The van der Waals surface area contributed by atoms with E-state index in [0.29, 0.717) is 6.54 Å². The van der Waals surface area contributed by atoms with Crippen molar-refractivity contribution in [3.8, 4) is 0 Å². The van der Waals surface area contributed by atoms with Gasteiger partial charge in [0.2, 0.25) is 5.82 Å². The number of anilines is 1. The van der Waals surface area contributed by atoms with Crippen molar-refractivity contribution in [1.82, 2.24) is 4.98 Å².